The second kappa shape index (κ2) is 5.33. The van der Waals surface area contributed by atoms with Crippen LogP contribution in [0.15, 0.2) is 0 Å². The maximum atomic E-state index is 11.5. The maximum absolute atomic E-state index is 11.5. The number of piperidine rings is 1. The summed E-state index contributed by atoms with van der Waals surface area (Å²) >= 11 is 0. The number of nitrogens with zero attached hydrogens (tertiary/aromatic N) is 1. The Morgan fingerprint density at radius 2 is 2.41 bits per heavy atom. The van der Waals surface area contributed by atoms with Gasteiger partial charge >= 0.3 is 5.97 Å². The van der Waals surface area contributed by atoms with Crippen molar-refractivity contribution in [2.45, 2.75) is 37.3 Å². The lowest BCUT2D eigenvalue weighted by atomic mass is 9.89. The Bertz CT molecular complexity index is 279. The molecule has 5 nitrogen and oxygen atoms in total. The van der Waals surface area contributed by atoms with E-state index in [-0.39, 0.29) is 6.10 Å². The zero-order valence-electron chi connectivity index (χ0n) is 10.4. The fraction of sp³-hybridized carbons (Fsp3) is 0.917. The van der Waals surface area contributed by atoms with Gasteiger partial charge in [-0.2, -0.15) is 0 Å². The minimum Gasteiger partial charge on any atom is -0.480 e. The summed E-state index contributed by atoms with van der Waals surface area (Å²) in [7, 11) is 1.98. The average Bonchev–Trinajstić information content (AvgIpc) is 2.79. The van der Waals surface area contributed by atoms with Crippen molar-refractivity contribution in [2.24, 2.45) is 0 Å². The molecule has 2 aliphatic rings. The van der Waals surface area contributed by atoms with Crippen LogP contribution >= 0.6 is 0 Å². The topological polar surface area (TPSA) is 61.8 Å². The Morgan fingerprint density at radius 1 is 1.59 bits per heavy atom. The molecule has 0 aliphatic carbocycles. The molecule has 0 aromatic heterocycles. The van der Waals surface area contributed by atoms with Crippen molar-refractivity contribution in [1.29, 1.82) is 0 Å². The third-order valence-electron chi connectivity index (χ3n) is 3.78. The highest BCUT2D eigenvalue weighted by Gasteiger charge is 2.41. The highest BCUT2D eigenvalue weighted by molar-refractivity contribution is 5.79. The zero-order chi connectivity index (χ0) is 12.3. The molecule has 98 valence electrons. The van der Waals surface area contributed by atoms with Gasteiger partial charge in [0.15, 0.2) is 0 Å². The minimum atomic E-state index is -0.779. The van der Waals surface area contributed by atoms with Gasteiger partial charge in [0.05, 0.1) is 6.10 Å². The maximum Gasteiger partial charge on any atom is 0.325 e. The standard InChI is InChI=1S/C12H22N2O3/c1-14-6-3-5-12(9-14,11(15)16)13-8-10-4-2-7-17-10/h10,13H,2-9H2,1H3,(H,15,16). The first-order valence-electron chi connectivity index (χ1n) is 6.41. The summed E-state index contributed by atoms with van der Waals surface area (Å²) in [6.07, 6.45) is 3.96. The van der Waals surface area contributed by atoms with E-state index in [1.54, 1.807) is 0 Å². The molecule has 0 bridgehead atoms. The third kappa shape index (κ3) is 2.97. The summed E-state index contributed by atoms with van der Waals surface area (Å²) in [5.41, 5.74) is -0.779. The lowest BCUT2D eigenvalue weighted by Gasteiger charge is -2.39. The number of aliphatic carboxylic acids is 1. The van der Waals surface area contributed by atoms with Crippen LogP contribution in [0.25, 0.3) is 0 Å². The van der Waals surface area contributed by atoms with Crippen LogP contribution in [0.1, 0.15) is 25.7 Å². The van der Waals surface area contributed by atoms with Crippen LogP contribution in [0.4, 0.5) is 0 Å². The van der Waals surface area contributed by atoms with E-state index in [1.807, 2.05) is 7.05 Å². The summed E-state index contributed by atoms with van der Waals surface area (Å²) in [4.78, 5) is 13.6. The van der Waals surface area contributed by atoms with Crippen molar-refractivity contribution in [1.82, 2.24) is 10.2 Å². The van der Waals surface area contributed by atoms with Gasteiger partial charge in [0.2, 0.25) is 0 Å². The largest absolute Gasteiger partial charge is 0.480 e. The highest BCUT2D eigenvalue weighted by Crippen LogP contribution is 2.21. The van der Waals surface area contributed by atoms with Gasteiger partial charge in [-0.05, 0) is 39.3 Å². The van der Waals surface area contributed by atoms with Crippen LogP contribution in [-0.2, 0) is 9.53 Å². The van der Waals surface area contributed by atoms with Crippen molar-refractivity contribution in [2.75, 3.05) is 33.3 Å². The Hall–Kier alpha value is -0.650. The molecule has 17 heavy (non-hydrogen) atoms. The smallest absolute Gasteiger partial charge is 0.325 e. The molecule has 0 spiro atoms. The molecule has 2 saturated heterocycles. The van der Waals surface area contributed by atoms with E-state index in [2.05, 4.69) is 10.2 Å². The van der Waals surface area contributed by atoms with Crippen LogP contribution in [0.3, 0.4) is 0 Å². The van der Waals surface area contributed by atoms with E-state index in [4.69, 9.17) is 4.74 Å². The first-order valence-corrected chi connectivity index (χ1v) is 6.41. The SMILES string of the molecule is CN1CCCC(NCC2CCCO2)(C(=O)O)C1. The number of likely N-dealkylation sites (N-methyl/N-ethyl adjacent to an activating group) is 1. The third-order valence-corrected chi connectivity index (χ3v) is 3.78. The minimum absolute atomic E-state index is 0.193. The Kier molecular flexibility index (Phi) is 4.01. The summed E-state index contributed by atoms with van der Waals surface area (Å²) in [6.45, 7) is 3.03. The highest BCUT2D eigenvalue weighted by atomic mass is 16.5. The number of carboxylic acid groups (broad SMARTS) is 1. The fourth-order valence-corrected chi connectivity index (χ4v) is 2.78. The molecular weight excluding hydrogens is 220 g/mol. The number of nitrogens with one attached hydrogen (secondary N) is 1. The number of carboxylic acids is 1. The van der Waals surface area contributed by atoms with Crippen LogP contribution in [0.5, 0.6) is 0 Å². The Balaban J connectivity index is 1.93. The molecular formula is C12H22N2O3. The Labute approximate surface area is 102 Å². The number of ether oxygens (including phenoxy) is 1. The number of rotatable bonds is 4. The summed E-state index contributed by atoms with van der Waals surface area (Å²) < 4.78 is 5.53. The normalized spacial score (nSPS) is 35.0. The van der Waals surface area contributed by atoms with E-state index in [1.165, 1.54) is 0 Å². The number of hydrogen-bond donors (Lipinski definition) is 2. The van der Waals surface area contributed by atoms with Gasteiger partial charge in [-0.1, -0.05) is 0 Å². The first-order chi connectivity index (χ1) is 8.12. The number of likely N-dealkylation sites (tertiary alicyclic amines) is 1. The molecule has 0 amide bonds. The van der Waals surface area contributed by atoms with Crippen molar-refractivity contribution >= 4 is 5.97 Å². The zero-order valence-corrected chi connectivity index (χ0v) is 10.4. The second-order valence-corrected chi connectivity index (χ2v) is 5.24. The first kappa shape index (κ1) is 12.8. The molecule has 0 aromatic carbocycles. The Morgan fingerprint density at radius 3 is 3.00 bits per heavy atom. The quantitative estimate of drug-likeness (QED) is 0.742. The van der Waals surface area contributed by atoms with E-state index >= 15 is 0 Å². The molecule has 5 heteroatoms. The monoisotopic (exact) mass is 242 g/mol. The van der Waals surface area contributed by atoms with E-state index in [0.717, 1.165) is 32.4 Å². The number of carbonyl (C=O) groups is 1. The van der Waals surface area contributed by atoms with E-state index in [9.17, 15) is 9.90 Å². The van der Waals surface area contributed by atoms with Gasteiger partial charge in [0.1, 0.15) is 5.54 Å². The van der Waals surface area contributed by atoms with Crippen molar-refractivity contribution in [3.8, 4) is 0 Å². The van der Waals surface area contributed by atoms with Gasteiger partial charge in [0, 0.05) is 19.7 Å². The molecule has 2 rings (SSSR count). The van der Waals surface area contributed by atoms with E-state index < -0.39 is 11.5 Å². The number of hydrogen-bond acceptors (Lipinski definition) is 4. The molecule has 2 unspecified atom stereocenters. The van der Waals surface area contributed by atoms with Gasteiger partial charge in [-0.3, -0.25) is 10.1 Å². The van der Waals surface area contributed by atoms with Crippen LogP contribution in [-0.4, -0.2) is 60.9 Å². The fourth-order valence-electron chi connectivity index (χ4n) is 2.78. The summed E-state index contributed by atoms with van der Waals surface area (Å²) in [6, 6.07) is 0. The van der Waals surface area contributed by atoms with Crippen molar-refractivity contribution in [3.05, 3.63) is 0 Å². The molecule has 0 radical (unpaired) electrons. The molecule has 0 saturated carbocycles. The van der Waals surface area contributed by atoms with Gasteiger partial charge < -0.3 is 14.7 Å². The summed E-state index contributed by atoms with van der Waals surface area (Å²) in [5, 5.41) is 12.7. The predicted octanol–water partition coefficient (Wildman–Crippen LogP) is 0.304. The molecule has 0 aromatic rings. The van der Waals surface area contributed by atoms with Crippen LogP contribution in [0, 0.1) is 0 Å². The molecule has 2 heterocycles. The van der Waals surface area contributed by atoms with Crippen molar-refractivity contribution in [3.63, 3.8) is 0 Å². The summed E-state index contributed by atoms with van der Waals surface area (Å²) in [5.74, 6) is -0.734. The second-order valence-electron chi connectivity index (χ2n) is 5.24. The lowest BCUT2D eigenvalue weighted by molar-refractivity contribution is -0.147. The van der Waals surface area contributed by atoms with Gasteiger partial charge in [0.25, 0.3) is 0 Å². The average molecular weight is 242 g/mol. The molecule has 2 atom stereocenters. The van der Waals surface area contributed by atoms with Crippen molar-refractivity contribution < 1.29 is 14.6 Å². The predicted molar refractivity (Wildman–Crippen MR) is 64.1 cm³/mol. The molecule has 2 aliphatic heterocycles. The van der Waals surface area contributed by atoms with Crippen LogP contribution < -0.4 is 5.32 Å². The van der Waals surface area contributed by atoms with Gasteiger partial charge in [-0.25, -0.2) is 0 Å². The lowest BCUT2D eigenvalue weighted by Crippen LogP contribution is -2.62. The van der Waals surface area contributed by atoms with Gasteiger partial charge in [-0.15, -0.1) is 0 Å². The van der Waals surface area contributed by atoms with E-state index in [0.29, 0.717) is 19.5 Å². The molecule has 2 fully saturated rings. The molecule has 2 N–H and O–H groups in total. The van der Waals surface area contributed by atoms with Crippen LogP contribution in [0.2, 0.25) is 0 Å².